The lowest BCUT2D eigenvalue weighted by Gasteiger charge is -2.17. The van der Waals surface area contributed by atoms with E-state index in [0.29, 0.717) is 24.6 Å². The lowest BCUT2D eigenvalue weighted by atomic mass is 10.1. The summed E-state index contributed by atoms with van der Waals surface area (Å²) in [6.07, 6.45) is 0. The highest BCUT2D eigenvalue weighted by atomic mass is 127. The number of guanidine groups is 1. The van der Waals surface area contributed by atoms with Gasteiger partial charge in [0.2, 0.25) is 10.0 Å². The third-order valence-corrected chi connectivity index (χ3v) is 6.21. The molecule has 2 rings (SSSR count). The highest BCUT2D eigenvalue weighted by molar-refractivity contribution is 14.0. The van der Waals surface area contributed by atoms with Crippen LogP contribution in [0.1, 0.15) is 16.7 Å². The molecule has 0 bridgehead atoms. The fourth-order valence-corrected chi connectivity index (χ4v) is 3.79. The number of benzene rings is 2. The van der Waals surface area contributed by atoms with E-state index in [9.17, 15) is 8.42 Å². The second-order valence-corrected chi connectivity index (χ2v) is 8.61. The molecule has 7 nitrogen and oxygen atoms in total. The summed E-state index contributed by atoms with van der Waals surface area (Å²) in [5.74, 6) is 1.38. The average molecular weight is 532 g/mol. The minimum absolute atomic E-state index is 0. The van der Waals surface area contributed by atoms with Crippen molar-refractivity contribution in [3.8, 4) is 5.75 Å². The van der Waals surface area contributed by atoms with Crippen LogP contribution < -0.4 is 15.4 Å². The molecule has 0 unspecified atom stereocenters. The number of methoxy groups -OCH3 is 1. The van der Waals surface area contributed by atoms with Crippen molar-refractivity contribution < 1.29 is 13.2 Å². The van der Waals surface area contributed by atoms with Gasteiger partial charge in [-0.1, -0.05) is 30.3 Å². The molecule has 0 aliphatic rings. The molecule has 0 saturated heterocycles. The Hall–Kier alpha value is -1.85. The Morgan fingerprint density at radius 2 is 1.69 bits per heavy atom. The van der Waals surface area contributed by atoms with E-state index in [2.05, 4.69) is 15.6 Å². The molecule has 0 aromatic heterocycles. The van der Waals surface area contributed by atoms with Crippen LogP contribution >= 0.6 is 24.0 Å². The quantitative estimate of drug-likeness (QED) is 0.326. The summed E-state index contributed by atoms with van der Waals surface area (Å²) in [6, 6.07) is 13.0. The van der Waals surface area contributed by atoms with Gasteiger partial charge in [0, 0.05) is 39.8 Å². The van der Waals surface area contributed by atoms with Crippen molar-refractivity contribution in [2.45, 2.75) is 24.9 Å². The molecule has 9 heteroatoms. The Labute approximate surface area is 190 Å². The largest absolute Gasteiger partial charge is 0.496 e. The van der Waals surface area contributed by atoms with Gasteiger partial charge in [0.25, 0.3) is 0 Å². The minimum Gasteiger partial charge on any atom is -0.496 e. The fraction of sp³-hybridized carbons (Fsp3) is 0.350. The van der Waals surface area contributed by atoms with E-state index in [0.717, 1.165) is 16.9 Å². The SMILES string of the molecule is CN=C(NCc1ccc(C)cc1OC)NCc1ccccc1S(=O)(=O)N(C)C.I. The summed E-state index contributed by atoms with van der Waals surface area (Å²) in [4.78, 5) is 4.49. The molecule has 0 atom stereocenters. The molecule has 0 aliphatic heterocycles. The first-order chi connectivity index (χ1) is 13.3. The number of ether oxygens (including phenoxy) is 1. The maximum Gasteiger partial charge on any atom is 0.242 e. The Morgan fingerprint density at radius 1 is 1.07 bits per heavy atom. The molecule has 2 aromatic rings. The van der Waals surface area contributed by atoms with E-state index in [4.69, 9.17) is 4.74 Å². The van der Waals surface area contributed by atoms with Gasteiger partial charge < -0.3 is 15.4 Å². The zero-order valence-corrected chi connectivity index (χ0v) is 20.5. The number of aryl methyl sites for hydroxylation is 1. The Kier molecular flexibility index (Phi) is 9.87. The summed E-state index contributed by atoms with van der Waals surface area (Å²) in [7, 11) is 2.85. The number of nitrogens with one attached hydrogen (secondary N) is 2. The zero-order chi connectivity index (χ0) is 20.7. The predicted molar refractivity (Wildman–Crippen MR) is 127 cm³/mol. The third-order valence-electron chi connectivity index (χ3n) is 4.29. The zero-order valence-electron chi connectivity index (χ0n) is 17.4. The average Bonchev–Trinajstić information content (AvgIpc) is 2.68. The molecule has 160 valence electrons. The lowest BCUT2D eigenvalue weighted by Crippen LogP contribution is -2.37. The lowest BCUT2D eigenvalue weighted by molar-refractivity contribution is 0.408. The van der Waals surface area contributed by atoms with Gasteiger partial charge in [-0.15, -0.1) is 24.0 Å². The van der Waals surface area contributed by atoms with Gasteiger partial charge in [0.15, 0.2) is 5.96 Å². The molecular formula is C20H29IN4O3S. The second-order valence-electron chi connectivity index (χ2n) is 6.49. The van der Waals surface area contributed by atoms with E-state index in [1.54, 1.807) is 32.4 Å². The molecular weight excluding hydrogens is 503 g/mol. The fourth-order valence-electron chi connectivity index (χ4n) is 2.67. The van der Waals surface area contributed by atoms with Gasteiger partial charge >= 0.3 is 0 Å². The molecule has 2 N–H and O–H groups in total. The smallest absolute Gasteiger partial charge is 0.242 e. The third kappa shape index (κ3) is 6.58. The topological polar surface area (TPSA) is 83.0 Å². The van der Waals surface area contributed by atoms with Crippen molar-refractivity contribution in [1.82, 2.24) is 14.9 Å². The molecule has 0 radical (unpaired) electrons. The van der Waals surface area contributed by atoms with Crippen molar-refractivity contribution in [1.29, 1.82) is 0 Å². The second kappa shape index (κ2) is 11.4. The summed E-state index contributed by atoms with van der Waals surface area (Å²) in [5, 5.41) is 6.40. The molecule has 29 heavy (non-hydrogen) atoms. The minimum atomic E-state index is -3.51. The van der Waals surface area contributed by atoms with Crippen LogP contribution in [-0.4, -0.2) is 46.9 Å². The van der Waals surface area contributed by atoms with Crippen molar-refractivity contribution in [3.05, 3.63) is 59.2 Å². The first kappa shape index (κ1) is 25.2. The van der Waals surface area contributed by atoms with Gasteiger partial charge in [0.05, 0.1) is 12.0 Å². The normalized spacial score (nSPS) is 11.7. The van der Waals surface area contributed by atoms with E-state index in [1.807, 2.05) is 31.2 Å². The molecule has 0 saturated carbocycles. The number of halogens is 1. The molecule has 0 amide bonds. The highest BCUT2D eigenvalue weighted by Crippen LogP contribution is 2.20. The summed E-state index contributed by atoms with van der Waals surface area (Å²) >= 11 is 0. The Bertz CT molecular complexity index is 946. The predicted octanol–water partition coefficient (Wildman–Crippen LogP) is 2.74. The number of rotatable bonds is 7. The van der Waals surface area contributed by atoms with Gasteiger partial charge in [0.1, 0.15) is 5.75 Å². The maximum absolute atomic E-state index is 12.5. The van der Waals surface area contributed by atoms with Gasteiger partial charge in [-0.2, -0.15) is 0 Å². The van der Waals surface area contributed by atoms with E-state index < -0.39 is 10.0 Å². The van der Waals surface area contributed by atoms with Crippen LogP contribution in [0.4, 0.5) is 0 Å². The van der Waals surface area contributed by atoms with E-state index in [-0.39, 0.29) is 28.9 Å². The van der Waals surface area contributed by atoms with Crippen molar-refractivity contribution in [2.75, 3.05) is 28.3 Å². The first-order valence-electron chi connectivity index (χ1n) is 8.88. The number of nitrogens with zero attached hydrogens (tertiary/aromatic N) is 2. The van der Waals surface area contributed by atoms with Crippen molar-refractivity contribution >= 4 is 40.0 Å². The number of sulfonamides is 1. The monoisotopic (exact) mass is 532 g/mol. The molecule has 2 aromatic carbocycles. The van der Waals surface area contributed by atoms with E-state index in [1.165, 1.54) is 18.4 Å². The van der Waals surface area contributed by atoms with Gasteiger partial charge in [-0.25, -0.2) is 12.7 Å². The first-order valence-corrected chi connectivity index (χ1v) is 10.3. The number of hydrogen-bond acceptors (Lipinski definition) is 4. The maximum atomic E-state index is 12.5. The Balaban J connectivity index is 0.00000420. The summed E-state index contributed by atoms with van der Waals surface area (Å²) in [6.45, 7) is 2.87. The number of aliphatic imine (C=N–C) groups is 1. The van der Waals surface area contributed by atoms with E-state index >= 15 is 0 Å². The van der Waals surface area contributed by atoms with Crippen LogP contribution in [0.25, 0.3) is 0 Å². The molecule has 0 heterocycles. The van der Waals surface area contributed by atoms with Gasteiger partial charge in [-0.3, -0.25) is 4.99 Å². The molecule has 0 aliphatic carbocycles. The molecule has 0 fully saturated rings. The van der Waals surface area contributed by atoms with Crippen LogP contribution in [-0.2, 0) is 23.1 Å². The van der Waals surface area contributed by atoms with Crippen LogP contribution in [0.5, 0.6) is 5.75 Å². The van der Waals surface area contributed by atoms with Crippen LogP contribution in [0.2, 0.25) is 0 Å². The molecule has 0 spiro atoms. The van der Waals surface area contributed by atoms with Crippen LogP contribution in [0, 0.1) is 6.92 Å². The number of hydrogen-bond donors (Lipinski definition) is 2. The van der Waals surface area contributed by atoms with Crippen LogP contribution in [0.15, 0.2) is 52.4 Å². The van der Waals surface area contributed by atoms with Crippen LogP contribution in [0.3, 0.4) is 0 Å². The van der Waals surface area contributed by atoms with Crippen molar-refractivity contribution in [3.63, 3.8) is 0 Å². The van der Waals surface area contributed by atoms with Crippen molar-refractivity contribution in [2.24, 2.45) is 4.99 Å². The summed E-state index contributed by atoms with van der Waals surface area (Å²) in [5.41, 5.74) is 2.81. The standard InChI is InChI=1S/C20H28N4O3S.HI/c1-15-10-11-16(18(12-15)27-5)13-22-20(21-2)23-14-17-8-6-7-9-19(17)28(25,26)24(3)4;/h6-12H,13-14H2,1-5H3,(H2,21,22,23);1H. The summed E-state index contributed by atoms with van der Waals surface area (Å²) < 4.78 is 31.7. The highest BCUT2D eigenvalue weighted by Gasteiger charge is 2.20. The van der Waals surface area contributed by atoms with Gasteiger partial charge in [-0.05, 0) is 30.2 Å². The Morgan fingerprint density at radius 3 is 2.28 bits per heavy atom.